The molecule has 2 amide bonds. The van der Waals surface area contributed by atoms with E-state index in [0.29, 0.717) is 10.6 Å². The second-order valence-electron chi connectivity index (χ2n) is 6.04. The lowest BCUT2D eigenvalue weighted by atomic mass is 10.1. The van der Waals surface area contributed by atoms with E-state index >= 15 is 0 Å². The third kappa shape index (κ3) is 4.95. The second-order valence-corrected chi connectivity index (χ2v) is 6.48. The number of hydrogen-bond acceptors (Lipinski definition) is 3. The van der Waals surface area contributed by atoms with Gasteiger partial charge in [-0.1, -0.05) is 29.8 Å². The molecule has 27 heavy (non-hydrogen) atoms. The Morgan fingerprint density at radius 1 is 1.19 bits per heavy atom. The highest BCUT2D eigenvalue weighted by atomic mass is 35.5. The normalized spacial score (nSPS) is 11.6. The summed E-state index contributed by atoms with van der Waals surface area (Å²) < 4.78 is 1.90. The van der Waals surface area contributed by atoms with Crippen LogP contribution in [0, 0.1) is 0 Å². The Balaban J connectivity index is 1.52. The lowest BCUT2D eigenvalue weighted by Gasteiger charge is -2.15. The fraction of sp³-hybridized carbons (Fsp3) is 0.150. The molecule has 0 radical (unpaired) electrons. The van der Waals surface area contributed by atoms with Crippen LogP contribution in [0.4, 0.5) is 0 Å². The number of nitrogens with zero attached hydrogens (tertiary/aromatic N) is 2. The van der Waals surface area contributed by atoms with Crippen molar-refractivity contribution in [2.75, 3.05) is 6.54 Å². The van der Waals surface area contributed by atoms with E-state index < -0.39 is 0 Å². The molecular weight excluding hydrogens is 364 g/mol. The van der Waals surface area contributed by atoms with Crippen molar-refractivity contribution >= 4 is 23.4 Å². The molecule has 0 spiro atoms. The molecular formula is C20H19ClN4O2. The molecule has 1 aromatic heterocycles. The Bertz CT molecular complexity index is 923. The molecule has 2 N–H and O–H groups in total. The number of aromatic nitrogens is 2. The Morgan fingerprint density at radius 2 is 1.96 bits per heavy atom. The van der Waals surface area contributed by atoms with Crippen molar-refractivity contribution in [2.24, 2.45) is 0 Å². The van der Waals surface area contributed by atoms with Crippen molar-refractivity contribution < 1.29 is 9.59 Å². The van der Waals surface area contributed by atoms with Gasteiger partial charge in [0, 0.05) is 28.7 Å². The highest BCUT2D eigenvalue weighted by Gasteiger charge is 2.12. The smallest absolute Gasteiger partial charge is 0.251 e. The van der Waals surface area contributed by atoms with Crippen molar-refractivity contribution in [2.45, 2.75) is 13.0 Å². The molecule has 7 heteroatoms. The first-order chi connectivity index (χ1) is 13.0. The minimum absolute atomic E-state index is 0.108. The van der Waals surface area contributed by atoms with Gasteiger partial charge in [-0.25, -0.2) is 4.98 Å². The fourth-order valence-corrected chi connectivity index (χ4v) is 2.81. The highest BCUT2D eigenvalue weighted by Crippen LogP contribution is 2.15. The molecule has 0 bridgehead atoms. The average Bonchev–Trinajstić information content (AvgIpc) is 3.21. The van der Waals surface area contributed by atoms with Gasteiger partial charge in [-0.05, 0) is 42.8 Å². The van der Waals surface area contributed by atoms with Gasteiger partial charge in [0.1, 0.15) is 0 Å². The summed E-state index contributed by atoms with van der Waals surface area (Å²) in [6.07, 6.45) is 5.31. The van der Waals surface area contributed by atoms with Gasteiger partial charge in [0.15, 0.2) is 0 Å². The third-order valence-corrected chi connectivity index (χ3v) is 4.30. The van der Waals surface area contributed by atoms with Gasteiger partial charge >= 0.3 is 0 Å². The summed E-state index contributed by atoms with van der Waals surface area (Å²) in [6.45, 7) is 1.78. The van der Waals surface area contributed by atoms with Gasteiger partial charge in [-0.15, -0.1) is 0 Å². The number of hydrogen-bond donors (Lipinski definition) is 2. The maximum atomic E-state index is 12.1. The van der Waals surface area contributed by atoms with E-state index in [1.54, 1.807) is 36.8 Å². The summed E-state index contributed by atoms with van der Waals surface area (Å²) in [4.78, 5) is 28.2. The molecule has 138 valence electrons. The number of nitrogens with one attached hydrogen (secondary N) is 2. The molecule has 0 aliphatic carbocycles. The van der Waals surface area contributed by atoms with E-state index in [-0.39, 0.29) is 24.4 Å². The van der Waals surface area contributed by atoms with Crippen molar-refractivity contribution in [3.63, 3.8) is 0 Å². The number of halogens is 1. The van der Waals surface area contributed by atoms with Crippen molar-refractivity contribution in [1.29, 1.82) is 0 Å². The van der Waals surface area contributed by atoms with Crippen LogP contribution in [0.3, 0.4) is 0 Å². The van der Waals surface area contributed by atoms with E-state index in [2.05, 4.69) is 15.6 Å². The van der Waals surface area contributed by atoms with Gasteiger partial charge in [-0.3, -0.25) is 9.59 Å². The Kier molecular flexibility index (Phi) is 5.88. The Labute approximate surface area is 162 Å². The largest absolute Gasteiger partial charge is 0.348 e. The van der Waals surface area contributed by atoms with E-state index in [0.717, 1.165) is 11.3 Å². The first kappa shape index (κ1) is 18.7. The number of carbonyl (C=O) groups excluding carboxylic acids is 2. The lowest BCUT2D eigenvalue weighted by molar-refractivity contribution is -0.120. The van der Waals surface area contributed by atoms with Gasteiger partial charge in [0.25, 0.3) is 5.91 Å². The molecule has 0 saturated carbocycles. The first-order valence-electron chi connectivity index (χ1n) is 8.44. The minimum Gasteiger partial charge on any atom is -0.348 e. The van der Waals surface area contributed by atoms with Crippen molar-refractivity contribution in [3.8, 4) is 5.69 Å². The fourth-order valence-electron chi connectivity index (χ4n) is 2.62. The monoisotopic (exact) mass is 382 g/mol. The van der Waals surface area contributed by atoms with Gasteiger partial charge in [0.2, 0.25) is 5.91 Å². The Morgan fingerprint density at radius 3 is 2.63 bits per heavy atom. The summed E-state index contributed by atoms with van der Waals surface area (Å²) in [7, 11) is 0. The third-order valence-electron chi connectivity index (χ3n) is 4.07. The van der Waals surface area contributed by atoms with Gasteiger partial charge < -0.3 is 15.2 Å². The maximum absolute atomic E-state index is 12.1. The number of benzene rings is 2. The van der Waals surface area contributed by atoms with Gasteiger partial charge in [-0.2, -0.15) is 0 Å². The van der Waals surface area contributed by atoms with Crippen LogP contribution < -0.4 is 10.6 Å². The van der Waals surface area contributed by atoms with Crippen LogP contribution in [0.1, 0.15) is 28.9 Å². The quantitative estimate of drug-likeness (QED) is 0.687. The van der Waals surface area contributed by atoms with Crippen LogP contribution in [-0.4, -0.2) is 27.9 Å². The zero-order chi connectivity index (χ0) is 19.2. The molecule has 0 fully saturated rings. The second kappa shape index (κ2) is 8.51. The average molecular weight is 383 g/mol. The predicted octanol–water partition coefficient (Wildman–Crippen LogP) is 3.13. The van der Waals surface area contributed by atoms with Crippen LogP contribution >= 0.6 is 11.6 Å². The molecule has 0 aliphatic rings. The molecule has 6 nitrogen and oxygen atoms in total. The van der Waals surface area contributed by atoms with Gasteiger partial charge in [0.05, 0.1) is 18.9 Å². The van der Waals surface area contributed by atoms with E-state index in [9.17, 15) is 9.59 Å². The molecule has 1 heterocycles. The van der Waals surface area contributed by atoms with Crippen LogP contribution in [0.5, 0.6) is 0 Å². The molecule has 0 aliphatic heterocycles. The summed E-state index contributed by atoms with van der Waals surface area (Å²) in [5, 5.41) is 5.93. The lowest BCUT2D eigenvalue weighted by Crippen LogP contribution is -2.38. The maximum Gasteiger partial charge on any atom is 0.251 e. The van der Waals surface area contributed by atoms with Crippen molar-refractivity contribution in [1.82, 2.24) is 20.2 Å². The molecule has 0 saturated heterocycles. The predicted molar refractivity (Wildman–Crippen MR) is 104 cm³/mol. The molecule has 1 unspecified atom stereocenters. The summed E-state index contributed by atoms with van der Waals surface area (Å²) >= 11 is 5.87. The standard InChI is InChI=1S/C20H19ClN4O2/c1-14(15-5-7-18(8-6-15)25-10-9-22-13-25)24-19(26)12-23-20(27)16-3-2-4-17(21)11-16/h2-11,13-14H,12H2,1H3,(H,23,27)(H,24,26). The van der Waals surface area contributed by atoms with Crippen LogP contribution in [-0.2, 0) is 4.79 Å². The van der Waals surface area contributed by atoms with Crippen molar-refractivity contribution in [3.05, 3.63) is 83.4 Å². The van der Waals surface area contributed by atoms with E-state index in [1.165, 1.54) is 0 Å². The molecule has 1 atom stereocenters. The van der Waals surface area contributed by atoms with Crippen LogP contribution in [0.15, 0.2) is 67.3 Å². The molecule has 2 aromatic carbocycles. The number of rotatable bonds is 6. The first-order valence-corrected chi connectivity index (χ1v) is 8.82. The number of carbonyl (C=O) groups is 2. The molecule has 3 rings (SSSR count). The SMILES string of the molecule is CC(NC(=O)CNC(=O)c1cccc(Cl)c1)c1ccc(-n2ccnc2)cc1. The Hall–Kier alpha value is -3.12. The topological polar surface area (TPSA) is 76.0 Å². The summed E-state index contributed by atoms with van der Waals surface area (Å²) in [5.41, 5.74) is 2.37. The molecule has 3 aromatic rings. The number of amides is 2. The zero-order valence-electron chi connectivity index (χ0n) is 14.7. The zero-order valence-corrected chi connectivity index (χ0v) is 15.5. The van der Waals surface area contributed by atoms with Crippen LogP contribution in [0.2, 0.25) is 5.02 Å². The van der Waals surface area contributed by atoms with E-state index in [1.807, 2.05) is 42.0 Å². The highest BCUT2D eigenvalue weighted by molar-refractivity contribution is 6.30. The van der Waals surface area contributed by atoms with E-state index in [4.69, 9.17) is 11.6 Å². The van der Waals surface area contributed by atoms with Crippen LogP contribution in [0.25, 0.3) is 5.69 Å². The number of imidazole rings is 1. The summed E-state index contributed by atoms with van der Waals surface area (Å²) in [5.74, 6) is -0.610. The minimum atomic E-state index is -0.343. The summed E-state index contributed by atoms with van der Waals surface area (Å²) in [6, 6.07) is 14.2.